The van der Waals surface area contributed by atoms with Crippen molar-refractivity contribution >= 4 is 15.9 Å². The van der Waals surface area contributed by atoms with Crippen LogP contribution in [0.3, 0.4) is 0 Å². The van der Waals surface area contributed by atoms with Crippen molar-refractivity contribution in [3.05, 3.63) is 58.5 Å². The number of halogens is 1. The van der Waals surface area contributed by atoms with E-state index >= 15 is 0 Å². The van der Waals surface area contributed by atoms with Gasteiger partial charge >= 0.3 is 0 Å². The molecule has 0 bridgehead atoms. The maximum atomic E-state index is 5.57. The summed E-state index contributed by atoms with van der Waals surface area (Å²) in [5.74, 6) is 0.954. The van der Waals surface area contributed by atoms with Crippen molar-refractivity contribution in [2.75, 3.05) is 6.54 Å². The molecule has 1 N–H and O–H groups in total. The van der Waals surface area contributed by atoms with Crippen molar-refractivity contribution in [3.8, 4) is 0 Å². The molecule has 1 atom stereocenters. The lowest BCUT2D eigenvalue weighted by molar-refractivity contribution is 0.381. The van der Waals surface area contributed by atoms with Crippen molar-refractivity contribution in [2.45, 2.75) is 32.2 Å². The smallest absolute Gasteiger partial charge is 0.169 e. The summed E-state index contributed by atoms with van der Waals surface area (Å²) in [6.07, 6.45) is 0. The molecule has 0 aliphatic carbocycles. The Morgan fingerprint density at radius 1 is 1.16 bits per heavy atom. The van der Waals surface area contributed by atoms with Crippen LogP contribution in [0, 0.1) is 0 Å². The van der Waals surface area contributed by atoms with E-state index in [4.69, 9.17) is 4.42 Å². The Hall–Kier alpha value is -1.06. The number of nitrogens with one attached hydrogen (secondary N) is 1. The van der Waals surface area contributed by atoms with E-state index in [1.165, 1.54) is 5.56 Å². The second kappa shape index (κ2) is 5.93. The van der Waals surface area contributed by atoms with Crippen LogP contribution < -0.4 is 5.32 Å². The van der Waals surface area contributed by atoms with E-state index in [1.54, 1.807) is 0 Å². The van der Waals surface area contributed by atoms with Crippen molar-refractivity contribution in [1.82, 2.24) is 5.32 Å². The summed E-state index contributed by atoms with van der Waals surface area (Å²) < 4.78 is 6.35. The number of furan rings is 1. The average Bonchev–Trinajstić information content (AvgIpc) is 2.84. The highest BCUT2D eigenvalue weighted by Gasteiger charge is 2.21. The maximum Gasteiger partial charge on any atom is 0.169 e. The van der Waals surface area contributed by atoms with Gasteiger partial charge in [-0.1, -0.05) is 44.2 Å². The molecule has 0 saturated carbocycles. The third kappa shape index (κ3) is 3.71. The minimum absolute atomic E-state index is 0.0966. The van der Waals surface area contributed by atoms with Gasteiger partial charge in [-0.3, -0.25) is 0 Å². The van der Waals surface area contributed by atoms with Gasteiger partial charge in [-0.2, -0.15) is 0 Å². The van der Waals surface area contributed by atoms with Crippen LogP contribution in [0.5, 0.6) is 0 Å². The van der Waals surface area contributed by atoms with Crippen LogP contribution >= 0.6 is 15.9 Å². The largest absolute Gasteiger partial charge is 0.453 e. The van der Waals surface area contributed by atoms with Gasteiger partial charge in [0.2, 0.25) is 0 Å². The molecular formula is C16H20BrNO. The molecule has 1 aromatic carbocycles. The van der Waals surface area contributed by atoms with Crippen LogP contribution in [0.25, 0.3) is 0 Å². The van der Waals surface area contributed by atoms with E-state index in [2.05, 4.69) is 72.3 Å². The van der Waals surface area contributed by atoms with Gasteiger partial charge in [0.1, 0.15) is 5.76 Å². The molecule has 0 saturated heterocycles. The first-order chi connectivity index (χ1) is 8.99. The molecule has 19 heavy (non-hydrogen) atoms. The molecule has 2 aromatic rings. The number of hydrogen-bond acceptors (Lipinski definition) is 2. The monoisotopic (exact) mass is 321 g/mol. The Morgan fingerprint density at radius 2 is 1.84 bits per heavy atom. The Kier molecular flexibility index (Phi) is 4.48. The van der Waals surface area contributed by atoms with Crippen LogP contribution in [-0.2, 0) is 5.41 Å². The molecule has 0 radical (unpaired) electrons. The molecule has 0 spiro atoms. The molecule has 2 nitrogen and oxygen atoms in total. The number of benzene rings is 1. The SMILES string of the molecule is CC(NCC(C)(C)c1ccccc1)c1ccc(Br)o1. The molecular weight excluding hydrogens is 302 g/mol. The highest BCUT2D eigenvalue weighted by Crippen LogP contribution is 2.24. The predicted molar refractivity (Wildman–Crippen MR) is 82.3 cm³/mol. The van der Waals surface area contributed by atoms with E-state index in [1.807, 2.05) is 12.1 Å². The van der Waals surface area contributed by atoms with E-state index in [0.29, 0.717) is 0 Å². The zero-order valence-corrected chi connectivity index (χ0v) is 13.2. The van der Waals surface area contributed by atoms with Crippen LogP contribution in [0.4, 0.5) is 0 Å². The minimum atomic E-state index is 0.0966. The summed E-state index contributed by atoms with van der Waals surface area (Å²) in [7, 11) is 0. The highest BCUT2D eigenvalue weighted by atomic mass is 79.9. The predicted octanol–water partition coefficient (Wildman–Crippen LogP) is 4.67. The Balaban J connectivity index is 1.98. The third-order valence-corrected chi connectivity index (χ3v) is 3.85. The summed E-state index contributed by atoms with van der Waals surface area (Å²) in [4.78, 5) is 0. The molecule has 1 heterocycles. The lowest BCUT2D eigenvalue weighted by atomic mass is 9.84. The van der Waals surface area contributed by atoms with Crippen LogP contribution in [-0.4, -0.2) is 6.54 Å². The van der Waals surface area contributed by atoms with E-state index < -0.39 is 0 Å². The zero-order valence-electron chi connectivity index (χ0n) is 11.6. The van der Waals surface area contributed by atoms with Gasteiger partial charge in [-0.15, -0.1) is 0 Å². The molecule has 1 aromatic heterocycles. The van der Waals surface area contributed by atoms with Gasteiger partial charge in [-0.25, -0.2) is 0 Å². The van der Waals surface area contributed by atoms with Gasteiger partial charge in [-0.05, 0) is 40.5 Å². The summed E-state index contributed by atoms with van der Waals surface area (Å²) in [5.41, 5.74) is 1.44. The lowest BCUT2D eigenvalue weighted by Gasteiger charge is -2.27. The normalized spacial score (nSPS) is 13.5. The van der Waals surface area contributed by atoms with E-state index in [9.17, 15) is 0 Å². The highest BCUT2D eigenvalue weighted by molar-refractivity contribution is 9.10. The zero-order chi connectivity index (χ0) is 13.9. The van der Waals surface area contributed by atoms with Crippen molar-refractivity contribution in [3.63, 3.8) is 0 Å². The lowest BCUT2D eigenvalue weighted by Crippen LogP contribution is -2.34. The standard InChI is InChI=1S/C16H20BrNO/c1-12(14-9-10-15(17)19-14)18-11-16(2,3)13-7-5-4-6-8-13/h4-10,12,18H,11H2,1-3H3. The summed E-state index contributed by atoms with van der Waals surface area (Å²) in [6.45, 7) is 7.52. The second-order valence-corrected chi connectivity index (χ2v) is 6.28. The van der Waals surface area contributed by atoms with Crippen LogP contribution in [0.15, 0.2) is 51.6 Å². The quantitative estimate of drug-likeness (QED) is 0.865. The minimum Gasteiger partial charge on any atom is -0.453 e. The van der Waals surface area contributed by atoms with Gasteiger partial charge in [0.05, 0.1) is 6.04 Å². The fourth-order valence-corrected chi connectivity index (χ4v) is 2.38. The van der Waals surface area contributed by atoms with E-state index in [-0.39, 0.29) is 11.5 Å². The van der Waals surface area contributed by atoms with Gasteiger partial charge in [0.15, 0.2) is 4.67 Å². The van der Waals surface area contributed by atoms with E-state index in [0.717, 1.165) is 17.0 Å². The molecule has 3 heteroatoms. The first-order valence-electron chi connectivity index (χ1n) is 6.53. The van der Waals surface area contributed by atoms with Crippen LogP contribution in [0.2, 0.25) is 0 Å². The van der Waals surface area contributed by atoms with Gasteiger partial charge in [0.25, 0.3) is 0 Å². The Bertz CT molecular complexity index is 519. The molecule has 0 fully saturated rings. The van der Waals surface area contributed by atoms with Crippen molar-refractivity contribution in [1.29, 1.82) is 0 Å². The van der Waals surface area contributed by atoms with Gasteiger partial charge < -0.3 is 9.73 Å². The fraction of sp³-hybridized carbons (Fsp3) is 0.375. The molecule has 0 aliphatic heterocycles. The summed E-state index contributed by atoms with van der Waals surface area (Å²) in [5, 5.41) is 3.54. The average molecular weight is 322 g/mol. The molecule has 1 unspecified atom stereocenters. The number of hydrogen-bond donors (Lipinski definition) is 1. The van der Waals surface area contributed by atoms with Crippen molar-refractivity contribution < 1.29 is 4.42 Å². The maximum absolute atomic E-state index is 5.57. The molecule has 0 amide bonds. The molecule has 0 aliphatic rings. The molecule has 102 valence electrons. The third-order valence-electron chi connectivity index (χ3n) is 3.43. The topological polar surface area (TPSA) is 25.2 Å². The fourth-order valence-electron chi connectivity index (χ4n) is 2.06. The van der Waals surface area contributed by atoms with Crippen molar-refractivity contribution in [2.24, 2.45) is 0 Å². The Labute approximate surface area is 123 Å². The first kappa shape index (κ1) is 14.4. The second-order valence-electron chi connectivity index (χ2n) is 5.49. The first-order valence-corrected chi connectivity index (χ1v) is 7.32. The summed E-state index contributed by atoms with van der Waals surface area (Å²) >= 11 is 3.33. The van der Waals surface area contributed by atoms with Gasteiger partial charge in [0, 0.05) is 12.0 Å². The molecule has 2 rings (SSSR count). The van der Waals surface area contributed by atoms with Crippen LogP contribution in [0.1, 0.15) is 38.1 Å². The summed E-state index contributed by atoms with van der Waals surface area (Å²) in [6, 6.07) is 14.7. The Morgan fingerprint density at radius 3 is 2.42 bits per heavy atom. The number of rotatable bonds is 5.